The van der Waals surface area contributed by atoms with Crippen LogP contribution in [0.5, 0.6) is 0 Å². The molecule has 0 amide bonds. The van der Waals surface area contributed by atoms with Crippen molar-refractivity contribution in [1.82, 2.24) is 5.32 Å². The monoisotopic (exact) mass is 546 g/mol. The van der Waals surface area contributed by atoms with Crippen molar-refractivity contribution in [2.75, 3.05) is 37.4 Å². The number of Topliss-reactive ketones (excluding diaryl/α,β-unsaturated/α-hetero) is 1. The van der Waals surface area contributed by atoms with Gasteiger partial charge in [0.2, 0.25) is 5.78 Å². The van der Waals surface area contributed by atoms with Crippen LogP contribution >= 0.6 is 0 Å². The molecule has 1 aliphatic rings. The molecule has 210 valence electrons. The van der Waals surface area contributed by atoms with Gasteiger partial charge in [0.05, 0.1) is 11.4 Å². The summed E-state index contributed by atoms with van der Waals surface area (Å²) >= 11 is 0. The summed E-state index contributed by atoms with van der Waals surface area (Å²) < 4.78 is 38.2. The normalized spacial score (nSPS) is 15.9. The number of nitrogens with one attached hydrogen (secondary N) is 4. The Morgan fingerprint density at radius 2 is 1.92 bits per heavy atom. The Morgan fingerprint density at radius 1 is 1.23 bits per heavy atom. The first-order valence-electron chi connectivity index (χ1n) is 12.2. The lowest BCUT2D eigenvalue weighted by atomic mass is 9.91. The fourth-order valence-corrected chi connectivity index (χ4v) is 3.77. The lowest BCUT2D eigenvalue weighted by Crippen LogP contribution is -2.43. The molecule has 1 aliphatic heterocycles. The van der Waals surface area contributed by atoms with Gasteiger partial charge in [-0.2, -0.15) is 0 Å². The molecular weight excluding hydrogens is 514 g/mol. The summed E-state index contributed by atoms with van der Waals surface area (Å²) in [6.45, 7) is 1.41. The van der Waals surface area contributed by atoms with Crippen LogP contribution < -0.4 is 16.0 Å². The topological polar surface area (TPSA) is 156 Å². The predicted octanol–water partition coefficient (Wildman–Crippen LogP) is 2.72. The van der Waals surface area contributed by atoms with Gasteiger partial charge in [0.1, 0.15) is 11.5 Å². The maximum Gasteiger partial charge on any atom is 0.381 e. The van der Waals surface area contributed by atoms with E-state index in [1.54, 1.807) is 43.4 Å². The molecule has 12 heteroatoms. The quantitative estimate of drug-likeness (QED) is 0.0869. The van der Waals surface area contributed by atoms with Crippen molar-refractivity contribution in [3.05, 3.63) is 83.6 Å². The molecule has 10 nitrogen and oxygen atoms in total. The van der Waals surface area contributed by atoms with E-state index in [1.807, 2.05) is 0 Å². The molecule has 1 fully saturated rings. The summed E-state index contributed by atoms with van der Waals surface area (Å²) in [6, 6.07) is 13.1. The van der Waals surface area contributed by atoms with Gasteiger partial charge in [-0.1, -0.05) is 24.3 Å². The van der Waals surface area contributed by atoms with Crippen LogP contribution in [0.25, 0.3) is 0 Å². The second kappa shape index (κ2) is 13.9. The summed E-state index contributed by atoms with van der Waals surface area (Å²) in [5.41, 5.74) is 0.551. The number of benzene rings is 2. The number of aliphatic hydroxyl groups is 3. The zero-order valence-electron chi connectivity index (χ0n) is 21.3. The van der Waals surface area contributed by atoms with Gasteiger partial charge in [-0.05, 0) is 61.7 Å². The molecule has 0 radical (unpaired) electrons. The van der Waals surface area contributed by atoms with Crippen molar-refractivity contribution in [2.45, 2.75) is 31.1 Å². The van der Waals surface area contributed by atoms with E-state index in [4.69, 9.17) is 15.3 Å². The van der Waals surface area contributed by atoms with E-state index in [9.17, 15) is 23.8 Å². The molecule has 0 aromatic heterocycles. The fourth-order valence-electron chi connectivity index (χ4n) is 3.77. The van der Waals surface area contributed by atoms with E-state index in [0.29, 0.717) is 18.9 Å². The maximum absolute atomic E-state index is 14.9. The average molecular weight is 547 g/mol. The SMILES string of the molecule is CNC/C=C(\Nc1ccccc1)C(=N)C(=O)/C(=C\Nc1ccc(C2CCOCC2)cc1F)OC(O)(O)C(O)F. The van der Waals surface area contributed by atoms with Crippen molar-refractivity contribution in [3.63, 3.8) is 0 Å². The predicted molar refractivity (Wildman–Crippen MR) is 141 cm³/mol. The van der Waals surface area contributed by atoms with E-state index in [2.05, 4.69) is 20.7 Å². The number of allylic oxidation sites excluding steroid dienone is 2. The highest BCUT2D eigenvalue weighted by Crippen LogP contribution is 2.29. The third-order valence-electron chi connectivity index (χ3n) is 5.90. The summed E-state index contributed by atoms with van der Waals surface area (Å²) in [5, 5.41) is 45.2. The summed E-state index contributed by atoms with van der Waals surface area (Å²) in [5.74, 6) is -6.55. The Morgan fingerprint density at radius 3 is 2.54 bits per heavy atom. The van der Waals surface area contributed by atoms with Crippen LogP contribution in [0.15, 0.2) is 72.3 Å². The maximum atomic E-state index is 14.9. The largest absolute Gasteiger partial charge is 0.429 e. The van der Waals surface area contributed by atoms with Crippen LogP contribution in [0.2, 0.25) is 0 Å². The molecule has 0 bridgehead atoms. The number of aliphatic hydroxyl groups excluding tert-OH is 1. The molecule has 1 atom stereocenters. The van der Waals surface area contributed by atoms with Crippen LogP contribution in [0.4, 0.5) is 20.2 Å². The smallest absolute Gasteiger partial charge is 0.381 e. The lowest BCUT2D eigenvalue weighted by molar-refractivity contribution is -0.384. The molecule has 0 spiro atoms. The van der Waals surface area contributed by atoms with Crippen LogP contribution in [-0.2, 0) is 14.3 Å². The molecule has 39 heavy (non-hydrogen) atoms. The number of anilines is 2. The van der Waals surface area contributed by atoms with Crippen LogP contribution in [0, 0.1) is 11.2 Å². The zero-order chi connectivity index (χ0) is 28.4. The highest BCUT2D eigenvalue weighted by molar-refractivity contribution is 6.50. The van der Waals surface area contributed by atoms with E-state index in [1.165, 1.54) is 18.2 Å². The number of ketones is 1. The number of para-hydroxylation sites is 1. The third kappa shape index (κ3) is 8.40. The van der Waals surface area contributed by atoms with Crippen LogP contribution in [0.1, 0.15) is 24.3 Å². The molecule has 3 rings (SSSR count). The average Bonchev–Trinajstić information content (AvgIpc) is 2.94. The van der Waals surface area contributed by atoms with Crippen molar-refractivity contribution in [1.29, 1.82) is 5.41 Å². The highest BCUT2D eigenvalue weighted by Gasteiger charge is 2.39. The third-order valence-corrected chi connectivity index (χ3v) is 5.90. The van der Waals surface area contributed by atoms with Gasteiger partial charge in [-0.3, -0.25) is 10.2 Å². The van der Waals surface area contributed by atoms with Gasteiger partial charge in [-0.25, -0.2) is 8.78 Å². The molecule has 1 unspecified atom stereocenters. The first-order valence-corrected chi connectivity index (χ1v) is 12.2. The number of hydrogen-bond donors (Lipinski definition) is 7. The van der Waals surface area contributed by atoms with E-state index in [0.717, 1.165) is 24.6 Å². The minimum absolute atomic E-state index is 0.0179. The van der Waals surface area contributed by atoms with E-state index < -0.39 is 35.4 Å². The molecule has 1 heterocycles. The van der Waals surface area contributed by atoms with Gasteiger partial charge >= 0.3 is 5.97 Å². The highest BCUT2D eigenvalue weighted by atomic mass is 19.1. The molecule has 2 aromatic carbocycles. The number of halogens is 2. The summed E-state index contributed by atoms with van der Waals surface area (Å²) in [7, 11) is 1.65. The number of alkyl halides is 1. The summed E-state index contributed by atoms with van der Waals surface area (Å²) in [6.07, 6.45) is 0.428. The Labute approximate surface area is 224 Å². The van der Waals surface area contributed by atoms with Crippen molar-refractivity contribution in [2.24, 2.45) is 0 Å². The molecule has 0 aliphatic carbocycles. The number of ether oxygens (including phenoxy) is 2. The molecule has 2 aromatic rings. The van der Waals surface area contributed by atoms with E-state index >= 15 is 0 Å². The van der Waals surface area contributed by atoms with Gasteiger partial charge in [0, 0.05) is 31.6 Å². The Bertz CT molecular complexity index is 1200. The minimum Gasteiger partial charge on any atom is -0.429 e. The first-order chi connectivity index (χ1) is 18.6. The molecule has 7 N–H and O–H groups in total. The molecule has 0 saturated carbocycles. The van der Waals surface area contributed by atoms with Crippen molar-refractivity contribution in [3.8, 4) is 0 Å². The lowest BCUT2D eigenvalue weighted by Gasteiger charge is -2.24. The molecule has 1 saturated heterocycles. The summed E-state index contributed by atoms with van der Waals surface area (Å²) in [4.78, 5) is 13.2. The van der Waals surface area contributed by atoms with Crippen molar-refractivity contribution < 1.29 is 38.4 Å². The number of rotatable bonds is 13. The van der Waals surface area contributed by atoms with Crippen LogP contribution in [-0.4, -0.2) is 66.0 Å². The Kier molecular flexibility index (Phi) is 10.7. The molecular formula is C27H32F2N4O6. The first kappa shape index (κ1) is 29.9. The number of carbonyl (C=O) groups is 1. The minimum atomic E-state index is -3.82. The van der Waals surface area contributed by atoms with E-state index in [-0.39, 0.29) is 23.8 Å². The Balaban J connectivity index is 1.88. The number of hydrogen-bond acceptors (Lipinski definition) is 10. The van der Waals surface area contributed by atoms with Crippen LogP contribution in [0.3, 0.4) is 0 Å². The van der Waals surface area contributed by atoms with Gasteiger partial charge in [0.15, 0.2) is 5.76 Å². The van der Waals surface area contributed by atoms with Gasteiger partial charge in [-0.15, -0.1) is 0 Å². The van der Waals surface area contributed by atoms with Gasteiger partial charge < -0.3 is 40.7 Å². The Hall–Kier alpha value is -3.68. The fraction of sp³-hybridized carbons (Fsp3) is 0.333. The second-order valence-electron chi connectivity index (χ2n) is 8.75. The van der Waals surface area contributed by atoms with Gasteiger partial charge in [0.25, 0.3) is 6.36 Å². The van der Waals surface area contributed by atoms with Crippen molar-refractivity contribution >= 4 is 22.9 Å². The number of likely N-dealkylation sites (N-methyl/N-ethyl adjacent to an activating group) is 1. The zero-order valence-corrected chi connectivity index (χ0v) is 21.3. The number of carbonyl (C=O) groups excluding carboxylic acids is 1. The second-order valence-corrected chi connectivity index (χ2v) is 8.75. The standard InChI is InChI=1S/C27H32F2N4O6/c1-31-12-9-22(33-19-5-3-2-4-6-19)24(30)25(34)23(39-27(36,37)26(29)35)16-32-21-8-7-18(15-20(21)28)17-10-13-38-14-11-17/h2-9,15-17,26,30-33,35-37H,10-14H2,1H3/b22-9-,23-16+,30-24?.